The fourth-order valence-corrected chi connectivity index (χ4v) is 0.695. The summed E-state index contributed by atoms with van der Waals surface area (Å²) in [5.41, 5.74) is 0.541. The van der Waals surface area contributed by atoms with Crippen LogP contribution in [0.4, 0.5) is 0 Å². The fraction of sp³-hybridized carbons (Fsp3) is 0. The smallest absolute Gasteiger partial charge is 0.252 e. The summed E-state index contributed by atoms with van der Waals surface area (Å²) in [4.78, 5) is 18.8. The zero-order valence-electron chi connectivity index (χ0n) is 6.08. The summed E-state index contributed by atoms with van der Waals surface area (Å²) in [5.74, 6) is 0. The molecule has 0 unspecified atom stereocenters. The van der Waals surface area contributed by atoms with Crippen LogP contribution in [-0.2, 0) is 4.79 Å². The number of isocyanates is 1. The molecule has 1 rings (SSSR count). The lowest BCUT2D eigenvalue weighted by Crippen LogP contribution is -1.84. The molecule has 1 N–H and O–H groups in total. The summed E-state index contributed by atoms with van der Waals surface area (Å²) in [6.45, 7) is 0. The Morgan fingerprint density at radius 2 is 1.75 bits per heavy atom. The highest BCUT2D eigenvalue weighted by Gasteiger charge is 1.95. The van der Waals surface area contributed by atoms with Gasteiger partial charge in [0.05, 0.1) is 0 Å². The molecule has 1 aromatic rings. The van der Waals surface area contributed by atoms with Crippen LogP contribution in [0, 0.1) is 5.41 Å². The van der Waals surface area contributed by atoms with Gasteiger partial charge in [0.25, 0.3) is 5.24 Å². The van der Waals surface area contributed by atoms with Gasteiger partial charge in [0, 0.05) is 5.56 Å². The predicted molar refractivity (Wildman–Crippen MR) is 45.0 cm³/mol. The average molecular weight is 184 g/mol. The van der Waals surface area contributed by atoms with E-state index >= 15 is 0 Å². The van der Waals surface area contributed by atoms with Gasteiger partial charge in [-0.25, -0.2) is 10.2 Å². The zero-order chi connectivity index (χ0) is 9.40. The molecule has 0 aliphatic rings. The molecule has 0 radical (unpaired) electrons. The van der Waals surface area contributed by atoms with E-state index in [1.165, 1.54) is 0 Å². The van der Waals surface area contributed by atoms with E-state index in [1.807, 2.05) is 6.07 Å². The average Bonchev–Trinajstić information content (AvgIpc) is 2.07. The molecular formula is C8H6ClNO2. The third-order valence-electron chi connectivity index (χ3n) is 1.00. The quantitative estimate of drug-likeness (QED) is 0.411. The van der Waals surface area contributed by atoms with Gasteiger partial charge in [0.1, 0.15) is 0 Å². The second-order valence-electron chi connectivity index (χ2n) is 1.74. The van der Waals surface area contributed by atoms with Gasteiger partial charge < -0.3 is 0 Å². The van der Waals surface area contributed by atoms with Crippen molar-refractivity contribution in [2.24, 2.45) is 0 Å². The van der Waals surface area contributed by atoms with Gasteiger partial charge in [-0.05, 0) is 11.6 Å². The minimum absolute atomic E-state index is 0.407. The Kier molecular flexibility index (Phi) is 5.53. The van der Waals surface area contributed by atoms with Crippen LogP contribution in [0.15, 0.2) is 30.3 Å². The molecule has 0 aromatic heterocycles. The molecule has 62 valence electrons. The largest absolute Gasteiger partial charge is 0.276 e. The molecule has 0 aliphatic heterocycles. The summed E-state index contributed by atoms with van der Waals surface area (Å²) in [7, 11) is 0. The van der Waals surface area contributed by atoms with E-state index in [0.717, 1.165) is 6.08 Å². The van der Waals surface area contributed by atoms with Crippen LogP contribution in [0.25, 0.3) is 0 Å². The van der Waals surface area contributed by atoms with Crippen LogP contribution >= 0.6 is 11.6 Å². The van der Waals surface area contributed by atoms with Crippen LogP contribution in [0.3, 0.4) is 0 Å². The summed E-state index contributed by atoms with van der Waals surface area (Å²) in [6.07, 6.45) is 0.750. The molecule has 0 bridgehead atoms. The molecule has 4 heteroatoms. The van der Waals surface area contributed by atoms with Crippen LogP contribution in [0.1, 0.15) is 10.4 Å². The van der Waals surface area contributed by atoms with Gasteiger partial charge in [-0.3, -0.25) is 4.79 Å². The van der Waals surface area contributed by atoms with Crippen molar-refractivity contribution in [1.82, 2.24) is 0 Å². The standard InChI is InChI=1S/C7H5ClO.CHNO/c8-7(9)6-4-2-1-3-5-6;2-1-3/h1-5H;2H. The Labute approximate surface area is 74.5 Å². The first kappa shape index (κ1) is 10.6. The maximum atomic E-state index is 10.4. The van der Waals surface area contributed by atoms with Gasteiger partial charge in [-0.1, -0.05) is 30.3 Å². The third kappa shape index (κ3) is 4.39. The van der Waals surface area contributed by atoms with Crippen LogP contribution in [0.5, 0.6) is 0 Å². The van der Waals surface area contributed by atoms with Crippen LogP contribution in [-0.4, -0.2) is 11.3 Å². The van der Waals surface area contributed by atoms with Crippen molar-refractivity contribution < 1.29 is 9.59 Å². The first-order valence-corrected chi connectivity index (χ1v) is 3.39. The Balaban J connectivity index is 0.000000354. The molecule has 0 saturated carbocycles. The minimum Gasteiger partial charge on any atom is -0.276 e. The van der Waals surface area contributed by atoms with Crippen molar-refractivity contribution in [2.75, 3.05) is 0 Å². The Hall–Kier alpha value is -1.44. The van der Waals surface area contributed by atoms with Gasteiger partial charge >= 0.3 is 0 Å². The molecule has 0 aliphatic carbocycles. The lowest BCUT2D eigenvalue weighted by molar-refractivity contribution is 0.108. The van der Waals surface area contributed by atoms with E-state index in [4.69, 9.17) is 21.8 Å². The predicted octanol–water partition coefficient (Wildman–Crippen LogP) is 1.97. The highest BCUT2D eigenvalue weighted by Crippen LogP contribution is 2.01. The summed E-state index contributed by atoms with van der Waals surface area (Å²) in [6, 6.07) is 8.74. The number of rotatable bonds is 1. The number of carbonyl (C=O) groups is 1. The number of benzene rings is 1. The van der Waals surface area contributed by atoms with Crippen LogP contribution in [0.2, 0.25) is 0 Å². The maximum absolute atomic E-state index is 10.4. The minimum atomic E-state index is -0.407. The number of hydrogen-bond acceptors (Lipinski definition) is 3. The van der Waals surface area contributed by atoms with Crippen molar-refractivity contribution in [3.63, 3.8) is 0 Å². The van der Waals surface area contributed by atoms with Crippen molar-refractivity contribution in [3.05, 3.63) is 35.9 Å². The molecule has 0 amide bonds. The summed E-state index contributed by atoms with van der Waals surface area (Å²) < 4.78 is 0. The van der Waals surface area contributed by atoms with E-state index < -0.39 is 5.24 Å². The van der Waals surface area contributed by atoms with Crippen molar-refractivity contribution in [2.45, 2.75) is 0 Å². The molecule has 0 saturated heterocycles. The zero-order valence-corrected chi connectivity index (χ0v) is 6.84. The first-order chi connectivity index (χ1) is 5.72. The number of nitrogens with one attached hydrogen (secondary N) is 1. The Morgan fingerprint density at radius 1 is 1.33 bits per heavy atom. The molecule has 0 spiro atoms. The molecule has 3 nitrogen and oxygen atoms in total. The lowest BCUT2D eigenvalue weighted by atomic mass is 10.2. The van der Waals surface area contributed by atoms with E-state index in [0.29, 0.717) is 5.56 Å². The number of hydrogen-bond donors (Lipinski definition) is 1. The fourth-order valence-electron chi connectivity index (χ4n) is 0.569. The van der Waals surface area contributed by atoms with Crippen molar-refractivity contribution in [3.8, 4) is 0 Å². The van der Waals surface area contributed by atoms with Gasteiger partial charge in [0.2, 0.25) is 6.08 Å². The second-order valence-corrected chi connectivity index (χ2v) is 2.09. The number of halogens is 1. The normalized spacial score (nSPS) is 7.42. The van der Waals surface area contributed by atoms with Gasteiger partial charge in [0.15, 0.2) is 0 Å². The molecule has 0 fully saturated rings. The highest BCUT2D eigenvalue weighted by atomic mass is 35.5. The molecule has 1 aromatic carbocycles. The van der Waals surface area contributed by atoms with Gasteiger partial charge in [-0.2, -0.15) is 0 Å². The molecule has 12 heavy (non-hydrogen) atoms. The van der Waals surface area contributed by atoms with E-state index in [1.54, 1.807) is 24.3 Å². The highest BCUT2D eigenvalue weighted by molar-refractivity contribution is 6.67. The Morgan fingerprint density at radius 3 is 2.00 bits per heavy atom. The van der Waals surface area contributed by atoms with Crippen molar-refractivity contribution in [1.29, 1.82) is 5.41 Å². The van der Waals surface area contributed by atoms with E-state index in [-0.39, 0.29) is 0 Å². The Bertz CT molecular complexity index is 278. The molecule has 0 heterocycles. The molecule has 0 atom stereocenters. The monoisotopic (exact) mass is 183 g/mol. The maximum Gasteiger partial charge on any atom is 0.252 e. The van der Waals surface area contributed by atoms with Gasteiger partial charge in [-0.15, -0.1) is 0 Å². The lowest BCUT2D eigenvalue weighted by Gasteiger charge is -1.87. The second kappa shape index (κ2) is 6.28. The third-order valence-corrected chi connectivity index (χ3v) is 1.22. The van der Waals surface area contributed by atoms with Crippen molar-refractivity contribution >= 4 is 22.9 Å². The van der Waals surface area contributed by atoms with E-state index in [2.05, 4.69) is 0 Å². The topological polar surface area (TPSA) is 58.0 Å². The summed E-state index contributed by atoms with van der Waals surface area (Å²) in [5, 5.41) is 5.00. The van der Waals surface area contributed by atoms with E-state index in [9.17, 15) is 4.79 Å². The summed E-state index contributed by atoms with van der Waals surface area (Å²) >= 11 is 5.16. The molecular weight excluding hydrogens is 178 g/mol. The first-order valence-electron chi connectivity index (χ1n) is 3.01. The SMILES string of the molecule is N=C=O.O=C(Cl)c1ccccc1. The number of carbonyl (C=O) groups excluding carboxylic acids is 2. The van der Waals surface area contributed by atoms with Crippen LogP contribution < -0.4 is 0 Å².